The van der Waals surface area contributed by atoms with E-state index in [9.17, 15) is 4.79 Å². The molecule has 0 aliphatic heterocycles. The molecule has 0 amide bonds. The van der Waals surface area contributed by atoms with Crippen LogP contribution in [0.5, 0.6) is 11.8 Å². The molecule has 20 heavy (non-hydrogen) atoms. The Morgan fingerprint density at radius 3 is 2.25 bits per heavy atom. The smallest absolute Gasteiger partial charge is 0.247 e. The van der Waals surface area contributed by atoms with Crippen LogP contribution in [0.3, 0.4) is 0 Å². The van der Waals surface area contributed by atoms with Gasteiger partial charge in [-0.3, -0.25) is 4.79 Å². The molecule has 0 aliphatic carbocycles. The zero-order valence-electron chi connectivity index (χ0n) is 11.9. The van der Waals surface area contributed by atoms with Crippen molar-refractivity contribution in [3.63, 3.8) is 0 Å². The molecule has 0 spiro atoms. The van der Waals surface area contributed by atoms with E-state index in [1.165, 1.54) is 20.4 Å². The van der Waals surface area contributed by atoms with E-state index in [1.807, 2.05) is 32.0 Å². The maximum atomic E-state index is 12.5. The third-order valence-electron chi connectivity index (χ3n) is 2.82. The number of aromatic nitrogens is 2. The molecule has 0 unspecified atom stereocenters. The maximum Gasteiger partial charge on any atom is 0.247 e. The van der Waals surface area contributed by atoms with E-state index in [0.717, 1.165) is 11.1 Å². The van der Waals surface area contributed by atoms with Crippen molar-refractivity contribution in [2.24, 2.45) is 0 Å². The number of benzene rings is 1. The van der Waals surface area contributed by atoms with Gasteiger partial charge in [0.25, 0.3) is 0 Å². The Kier molecular flexibility index (Phi) is 3.98. The predicted molar refractivity (Wildman–Crippen MR) is 74.5 cm³/mol. The van der Waals surface area contributed by atoms with Crippen molar-refractivity contribution in [1.29, 1.82) is 0 Å². The van der Waals surface area contributed by atoms with Gasteiger partial charge in [0.05, 0.1) is 20.4 Å². The molecular weight excluding hydrogens is 256 g/mol. The second kappa shape index (κ2) is 5.69. The molecule has 1 aromatic carbocycles. The highest BCUT2D eigenvalue weighted by atomic mass is 16.5. The molecule has 5 nitrogen and oxygen atoms in total. The van der Waals surface area contributed by atoms with E-state index < -0.39 is 0 Å². The highest BCUT2D eigenvalue weighted by molar-refractivity contribution is 6.09. The predicted octanol–water partition coefficient (Wildman–Crippen LogP) is 2.34. The minimum Gasteiger partial charge on any atom is -0.480 e. The van der Waals surface area contributed by atoms with Gasteiger partial charge < -0.3 is 9.47 Å². The Morgan fingerprint density at radius 1 is 1.05 bits per heavy atom. The van der Waals surface area contributed by atoms with E-state index in [1.54, 1.807) is 0 Å². The number of methoxy groups -OCH3 is 2. The quantitative estimate of drug-likeness (QED) is 0.799. The summed E-state index contributed by atoms with van der Waals surface area (Å²) in [6, 6.07) is 5.65. The summed E-state index contributed by atoms with van der Waals surface area (Å²) in [4.78, 5) is 20.7. The summed E-state index contributed by atoms with van der Waals surface area (Å²) in [6.07, 6.45) is 1.40. The Morgan fingerprint density at radius 2 is 1.70 bits per heavy atom. The number of aryl methyl sites for hydroxylation is 2. The van der Waals surface area contributed by atoms with Crippen LogP contribution < -0.4 is 9.47 Å². The van der Waals surface area contributed by atoms with Crippen LogP contribution in [-0.4, -0.2) is 30.0 Å². The number of hydrogen-bond donors (Lipinski definition) is 0. The van der Waals surface area contributed by atoms with Gasteiger partial charge in [0.2, 0.25) is 17.5 Å². The van der Waals surface area contributed by atoms with Gasteiger partial charge in [0.15, 0.2) is 5.69 Å². The first-order valence-corrected chi connectivity index (χ1v) is 6.13. The first kappa shape index (κ1) is 14.0. The first-order valence-electron chi connectivity index (χ1n) is 6.13. The molecule has 0 saturated heterocycles. The lowest BCUT2D eigenvalue weighted by Gasteiger charge is -2.08. The molecule has 2 aromatic rings. The molecule has 0 saturated carbocycles. The fourth-order valence-electron chi connectivity index (χ4n) is 2.00. The molecule has 0 radical (unpaired) electrons. The van der Waals surface area contributed by atoms with E-state index in [4.69, 9.17) is 9.47 Å². The molecule has 5 heteroatoms. The summed E-state index contributed by atoms with van der Waals surface area (Å²) in [5, 5.41) is 0. The van der Waals surface area contributed by atoms with Crippen LogP contribution in [0.1, 0.15) is 27.2 Å². The molecule has 2 rings (SSSR count). The lowest BCUT2D eigenvalue weighted by molar-refractivity contribution is 0.103. The molecule has 0 N–H and O–H groups in total. The van der Waals surface area contributed by atoms with Crippen LogP contribution in [0.25, 0.3) is 0 Å². The Labute approximate surface area is 117 Å². The molecule has 0 fully saturated rings. The van der Waals surface area contributed by atoms with Gasteiger partial charge in [-0.05, 0) is 26.0 Å². The lowest BCUT2D eigenvalue weighted by atomic mass is 10.0. The Hall–Kier alpha value is -2.43. The standard InChI is InChI=1S/C15H16N2O3/c1-9-5-10(2)7-11(6-9)14(18)13-15(20-4)17-12(19-3)8-16-13/h5-8H,1-4H3. The SMILES string of the molecule is COc1cnc(C(=O)c2cc(C)cc(C)c2)c(OC)n1. The van der Waals surface area contributed by atoms with Gasteiger partial charge in [0, 0.05) is 5.56 Å². The third-order valence-corrected chi connectivity index (χ3v) is 2.82. The van der Waals surface area contributed by atoms with Gasteiger partial charge in [-0.15, -0.1) is 0 Å². The molecule has 0 bridgehead atoms. The fourth-order valence-corrected chi connectivity index (χ4v) is 2.00. The number of ether oxygens (including phenoxy) is 2. The van der Waals surface area contributed by atoms with Crippen molar-refractivity contribution in [3.8, 4) is 11.8 Å². The van der Waals surface area contributed by atoms with Crippen LogP contribution in [0.4, 0.5) is 0 Å². The number of carbonyl (C=O) groups is 1. The fraction of sp³-hybridized carbons (Fsp3) is 0.267. The highest BCUT2D eigenvalue weighted by Gasteiger charge is 2.19. The van der Waals surface area contributed by atoms with Crippen molar-refractivity contribution in [1.82, 2.24) is 9.97 Å². The minimum atomic E-state index is -0.219. The molecule has 1 heterocycles. The first-order chi connectivity index (χ1) is 9.55. The average molecular weight is 272 g/mol. The molecule has 0 atom stereocenters. The number of hydrogen-bond acceptors (Lipinski definition) is 5. The number of carbonyl (C=O) groups excluding carboxylic acids is 1. The Balaban J connectivity index is 2.47. The van der Waals surface area contributed by atoms with Crippen molar-refractivity contribution in [2.45, 2.75) is 13.8 Å². The highest BCUT2D eigenvalue weighted by Crippen LogP contribution is 2.21. The molecular formula is C15H16N2O3. The maximum absolute atomic E-state index is 12.5. The van der Waals surface area contributed by atoms with Crippen molar-refractivity contribution in [2.75, 3.05) is 14.2 Å². The van der Waals surface area contributed by atoms with E-state index >= 15 is 0 Å². The van der Waals surface area contributed by atoms with Gasteiger partial charge in [-0.2, -0.15) is 4.98 Å². The minimum absolute atomic E-state index is 0.161. The second-order valence-electron chi connectivity index (χ2n) is 4.48. The van der Waals surface area contributed by atoms with E-state index in [2.05, 4.69) is 9.97 Å². The number of ketones is 1. The normalized spacial score (nSPS) is 10.2. The van der Waals surface area contributed by atoms with Crippen LogP contribution in [0, 0.1) is 13.8 Å². The van der Waals surface area contributed by atoms with E-state index in [0.29, 0.717) is 11.4 Å². The summed E-state index contributed by atoms with van der Waals surface area (Å²) in [7, 11) is 2.93. The van der Waals surface area contributed by atoms with Crippen LogP contribution in [0.2, 0.25) is 0 Å². The Bertz CT molecular complexity index is 633. The average Bonchev–Trinajstić information content (AvgIpc) is 2.44. The van der Waals surface area contributed by atoms with Gasteiger partial charge >= 0.3 is 0 Å². The van der Waals surface area contributed by atoms with Gasteiger partial charge in [0.1, 0.15) is 0 Å². The summed E-state index contributed by atoms with van der Waals surface area (Å²) in [5.41, 5.74) is 2.79. The van der Waals surface area contributed by atoms with Gasteiger partial charge in [-0.25, -0.2) is 4.98 Å². The second-order valence-corrected chi connectivity index (χ2v) is 4.48. The number of rotatable bonds is 4. The summed E-state index contributed by atoms with van der Waals surface area (Å²) in [5.74, 6) is 0.246. The van der Waals surface area contributed by atoms with Crippen LogP contribution >= 0.6 is 0 Å². The monoisotopic (exact) mass is 272 g/mol. The zero-order chi connectivity index (χ0) is 14.7. The van der Waals surface area contributed by atoms with Crippen LogP contribution in [0.15, 0.2) is 24.4 Å². The summed E-state index contributed by atoms with van der Waals surface area (Å²) >= 11 is 0. The van der Waals surface area contributed by atoms with Crippen molar-refractivity contribution in [3.05, 3.63) is 46.8 Å². The largest absolute Gasteiger partial charge is 0.480 e. The van der Waals surface area contributed by atoms with E-state index in [-0.39, 0.29) is 17.4 Å². The number of nitrogens with zero attached hydrogens (tertiary/aromatic N) is 2. The van der Waals surface area contributed by atoms with Crippen molar-refractivity contribution >= 4 is 5.78 Å². The third kappa shape index (κ3) is 2.77. The molecule has 1 aromatic heterocycles. The van der Waals surface area contributed by atoms with Crippen molar-refractivity contribution < 1.29 is 14.3 Å². The topological polar surface area (TPSA) is 61.3 Å². The lowest BCUT2D eigenvalue weighted by Crippen LogP contribution is -2.09. The zero-order valence-corrected chi connectivity index (χ0v) is 11.9. The van der Waals surface area contributed by atoms with Gasteiger partial charge in [-0.1, -0.05) is 17.2 Å². The summed E-state index contributed by atoms with van der Waals surface area (Å²) < 4.78 is 10.1. The summed E-state index contributed by atoms with van der Waals surface area (Å²) in [6.45, 7) is 3.89. The molecule has 0 aliphatic rings. The van der Waals surface area contributed by atoms with Crippen LogP contribution in [-0.2, 0) is 0 Å². The molecule has 104 valence electrons.